The van der Waals surface area contributed by atoms with Gasteiger partial charge in [-0.2, -0.15) is 0 Å². The van der Waals surface area contributed by atoms with Gasteiger partial charge in [-0.3, -0.25) is 4.79 Å². The predicted molar refractivity (Wildman–Crippen MR) is 83.0 cm³/mol. The van der Waals surface area contributed by atoms with Crippen LogP contribution in [0.25, 0.3) is 0 Å². The molecule has 5 heteroatoms. The zero-order valence-electron chi connectivity index (χ0n) is 11.7. The maximum atomic E-state index is 11.6. The molecule has 0 atom stereocenters. The summed E-state index contributed by atoms with van der Waals surface area (Å²) >= 11 is 0. The van der Waals surface area contributed by atoms with E-state index in [9.17, 15) is 4.79 Å². The van der Waals surface area contributed by atoms with Crippen molar-refractivity contribution in [2.45, 2.75) is 25.8 Å². The fourth-order valence-corrected chi connectivity index (χ4v) is 2.67. The molecule has 0 bridgehead atoms. The van der Waals surface area contributed by atoms with E-state index in [1.165, 1.54) is 0 Å². The number of pyridine rings is 1. The number of nitrogens with zero attached hydrogens (tertiary/aromatic N) is 1. The molecule has 0 radical (unpaired) electrons. The van der Waals surface area contributed by atoms with Crippen LogP contribution in [0, 0.1) is 0 Å². The lowest BCUT2D eigenvalue weighted by Crippen LogP contribution is -2.17. The molecule has 0 fully saturated rings. The second-order valence-electron chi connectivity index (χ2n) is 5.26. The summed E-state index contributed by atoms with van der Waals surface area (Å²) in [5.74, 6) is 0.0899. The summed E-state index contributed by atoms with van der Waals surface area (Å²) in [6.07, 6.45) is 3.00. The Morgan fingerprint density at radius 2 is 2.10 bits per heavy atom. The molecule has 0 unspecified atom stereocenters. The van der Waals surface area contributed by atoms with Gasteiger partial charge in [-0.05, 0) is 42.5 Å². The van der Waals surface area contributed by atoms with Crippen LogP contribution in [0.1, 0.15) is 33.6 Å². The predicted octanol–water partition coefficient (Wildman–Crippen LogP) is 1.86. The molecule has 1 heterocycles. The number of fused-ring (bicyclic) bond motifs is 1. The number of hydrogen-bond donors (Lipinski definition) is 3. The first-order valence-electron chi connectivity index (χ1n) is 7.05. The number of carbonyl (C=O) groups is 1. The molecule has 0 saturated heterocycles. The summed E-state index contributed by atoms with van der Waals surface area (Å²) < 4.78 is 0. The molecule has 1 aliphatic rings. The minimum Gasteiger partial charge on any atom is -0.398 e. The lowest BCUT2D eigenvalue weighted by molar-refractivity contribution is 0.100. The number of anilines is 2. The lowest BCUT2D eigenvalue weighted by Gasteiger charge is -2.12. The highest BCUT2D eigenvalue weighted by Crippen LogP contribution is 2.25. The van der Waals surface area contributed by atoms with Gasteiger partial charge in [0.15, 0.2) is 0 Å². The Bertz CT molecular complexity index is 697. The largest absolute Gasteiger partial charge is 0.398 e. The van der Waals surface area contributed by atoms with Crippen molar-refractivity contribution in [3.63, 3.8) is 0 Å². The Morgan fingerprint density at radius 3 is 2.86 bits per heavy atom. The molecule has 0 spiro atoms. The minimum atomic E-state index is -0.458. The number of para-hydroxylation sites is 1. The molecule has 3 rings (SSSR count). The molecule has 5 N–H and O–H groups in total. The third-order valence-electron chi connectivity index (χ3n) is 3.82. The summed E-state index contributed by atoms with van der Waals surface area (Å²) in [6.45, 7) is 0.513. The van der Waals surface area contributed by atoms with E-state index in [1.54, 1.807) is 0 Å². The van der Waals surface area contributed by atoms with Gasteiger partial charge in [-0.25, -0.2) is 4.98 Å². The van der Waals surface area contributed by atoms with Crippen LogP contribution in [-0.2, 0) is 19.4 Å². The smallest absolute Gasteiger partial charge is 0.252 e. The lowest BCUT2D eigenvalue weighted by atomic mass is 10.1. The average Bonchev–Trinajstić information content (AvgIpc) is 2.92. The van der Waals surface area contributed by atoms with Crippen molar-refractivity contribution in [2.24, 2.45) is 5.73 Å². The normalized spacial score (nSPS) is 13.0. The fourth-order valence-electron chi connectivity index (χ4n) is 2.67. The van der Waals surface area contributed by atoms with E-state index in [0.717, 1.165) is 36.1 Å². The number of aromatic nitrogens is 1. The van der Waals surface area contributed by atoms with Crippen LogP contribution >= 0.6 is 0 Å². The number of aryl methyl sites for hydroxylation is 2. The molecular weight excluding hydrogens is 264 g/mol. The Labute approximate surface area is 123 Å². The van der Waals surface area contributed by atoms with Crippen molar-refractivity contribution >= 4 is 17.4 Å². The number of nitrogen functional groups attached to an aromatic ring is 1. The van der Waals surface area contributed by atoms with Crippen LogP contribution in [0.4, 0.5) is 11.5 Å². The first-order valence-corrected chi connectivity index (χ1v) is 7.05. The van der Waals surface area contributed by atoms with Gasteiger partial charge >= 0.3 is 0 Å². The van der Waals surface area contributed by atoms with Crippen LogP contribution in [0.3, 0.4) is 0 Å². The van der Waals surface area contributed by atoms with Crippen LogP contribution in [-0.4, -0.2) is 10.9 Å². The first-order chi connectivity index (χ1) is 10.1. The summed E-state index contributed by atoms with van der Waals surface area (Å²) in [5, 5.41) is 3.19. The number of primary amides is 1. The van der Waals surface area contributed by atoms with Crippen molar-refractivity contribution < 1.29 is 4.79 Å². The molecule has 1 aromatic carbocycles. The number of nitrogens with two attached hydrogens (primary N) is 2. The quantitative estimate of drug-likeness (QED) is 0.746. The summed E-state index contributed by atoms with van der Waals surface area (Å²) in [4.78, 5) is 16.2. The molecule has 0 saturated carbocycles. The molecule has 1 aromatic heterocycles. The first kappa shape index (κ1) is 13.4. The molecule has 21 heavy (non-hydrogen) atoms. The third kappa shape index (κ3) is 2.67. The van der Waals surface area contributed by atoms with Crippen LogP contribution in [0.15, 0.2) is 30.3 Å². The van der Waals surface area contributed by atoms with E-state index in [4.69, 9.17) is 11.5 Å². The molecular formula is C16H18N4O. The standard InChI is InChI=1S/C16H18N4O/c17-13-6-2-1-4-11(13)9-19-16-12(15(18)21)8-10-5-3-7-14(10)20-16/h1-2,4,6,8H,3,5,7,9,17H2,(H2,18,21)(H,19,20). The van der Waals surface area contributed by atoms with Crippen molar-refractivity contribution in [3.05, 3.63) is 52.7 Å². The fraction of sp³-hybridized carbons (Fsp3) is 0.250. The average molecular weight is 282 g/mol. The molecule has 1 amide bonds. The Balaban J connectivity index is 1.88. The van der Waals surface area contributed by atoms with Crippen LogP contribution in [0.2, 0.25) is 0 Å². The van der Waals surface area contributed by atoms with Gasteiger partial charge < -0.3 is 16.8 Å². The number of hydrogen-bond acceptors (Lipinski definition) is 4. The van der Waals surface area contributed by atoms with Crippen molar-refractivity contribution in [1.82, 2.24) is 4.98 Å². The highest BCUT2D eigenvalue weighted by Gasteiger charge is 2.18. The Morgan fingerprint density at radius 1 is 1.29 bits per heavy atom. The van der Waals surface area contributed by atoms with Gasteiger partial charge in [-0.1, -0.05) is 18.2 Å². The number of benzene rings is 1. The third-order valence-corrected chi connectivity index (χ3v) is 3.82. The zero-order valence-corrected chi connectivity index (χ0v) is 11.7. The molecule has 5 nitrogen and oxygen atoms in total. The van der Waals surface area contributed by atoms with Gasteiger partial charge in [0.2, 0.25) is 0 Å². The van der Waals surface area contributed by atoms with Crippen molar-refractivity contribution in [2.75, 3.05) is 11.1 Å². The highest BCUT2D eigenvalue weighted by molar-refractivity contribution is 5.97. The van der Waals surface area contributed by atoms with E-state index in [0.29, 0.717) is 23.6 Å². The van der Waals surface area contributed by atoms with Gasteiger partial charge in [0.1, 0.15) is 5.82 Å². The topological polar surface area (TPSA) is 94.0 Å². The molecule has 2 aromatic rings. The van der Waals surface area contributed by atoms with Crippen LogP contribution in [0.5, 0.6) is 0 Å². The van der Waals surface area contributed by atoms with Gasteiger partial charge in [0.05, 0.1) is 5.56 Å². The van der Waals surface area contributed by atoms with E-state index >= 15 is 0 Å². The number of amides is 1. The zero-order chi connectivity index (χ0) is 14.8. The summed E-state index contributed by atoms with van der Waals surface area (Å²) in [6, 6.07) is 9.48. The monoisotopic (exact) mass is 282 g/mol. The molecule has 1 aliphatic carbocycles. The van der Waals surface area contributed by atoms with Gasteiger partial charge in [-0.15, -0.1) is 0 Å². The SMILES string of the molecule is NC(=O)c1cc2c(nc1NCc1ccccc1N)CCC2. The number of carbonyl (C=O) groups excluding carboxylic acids is 1. The van der Waals surface area contributed by atoms with Gasteiger partial charge in [0, 0.05) is 17.9 Å². The van der Waals surface area contributed by atoms with Crippen LogP contribution < -0.4 is 16.8 Å². The Kier molecular flexibility index (Phi) is 3.48. The summed E-state index contributed by atoms with van der Waals surface area (Å²) in [7, 11) is 0. The maximum Gasteiger partial charge on any atom is 0.252 e. The van der Waals surface area contributed by atoms with E-state index in [-0.39, 0.29) is 0 Å². The second kappa shape index (κ2) is 5.44. The molecule has 0 aliphatic heterocycles. The number of rotatable bonds is 4. The molecule has 108 valence electrons. The van der Waals surface area contributed by atoms with Crippen molar-refractivity contribution in [3.8, 4) is 0 Å². The second-order valence-corrected chi connectivity index (χ2v) is 5.26. The van der Waals surface area contributed by atoms with E-state index in [2.05, 4.69) is 10.3 Å². The highest BCUT2D eigenvalue weighted by atomic mass is 16.1. The van der Waals surface area contributed by atoms with Gasteiger partial charge in [0.25, 0.3) is 5.91 Å². The number of nitrogens with one attached hydrogen (secondary N) is 1. The minimum absolute atomic E-state index is 0.449. The summed E-state index contributed by atoms with van der Waals surface area (Å²) in [5.41, 5.74) is 15.7. The van der Waals surface area contributed by atoms with E-state index in [1.807, 2.05) is 30.3 Å². The Hall–Kier alpha value is -2.56. The van der Waals surface area contributed by atoms with Crippen molar-refractivity contribution in [1.29, 1.82) is 0 Å². The van der Waals surface area contributed by atoms with E-state index < -0.39 is 5.91 Å². The maximum absolute atomic E-state index is 11.6.